The lowest BCUT2D eigenvalue weighted by atomic mass is 10.0. The van der Waals surface area contributed by atoms with Crippen LogP contribution in [0.4, 0.5) is 5.69 Å². The topological polar surface area (TPSA) is 29.3 Å². The third-order valence-corrected chi connectivity index (χ3v) is 5.27. The number of nitrogens with zero attached hydrogens (tertiary/aromatic N) is 1. The SMILES string of the molecule is CC1c2ccsc2CCN1Cc1c(N)cccc1Cl. The van der Waals surface area contributed by atoms with Crippen molar-refractivity contribution in [3.63, 3.8) is 0 Å². The van der Waals surface area contributed by atoms with E-state index in [0.717, 1.165) is 35.8 Å². The average Bonchev–Trinajstić information content (AvgIpc) is 2.85. The van der Waals surface area contributed by atoms with Crippen LogP contribution in [0, 0.1) is 0 Å². The van der Waals surface area contributed by atoms with Crippen LogP contribution in [0.3, 0.4) is 0 Å². The molecule has 0 saturated carbocycles. The number of fused-ring (bicyclic) bond motifs is 1. The Morgan fingerprint density at radius 3 is 3.05 bits per heavy atom. The molecule has 1 atom stereocenters. The molecule has 19 heavy (non-hydrogen) atoms. The molecule has 0 saturated heterocycles. The third kappa shape index (κ3) is 2.38. The number of nitrogen functional groups attached to an aromatic ring is 1. The summed E-state index contributed by atoms with van der Waals surface area (Å²) in [4.78, 5) is 3.97. The molecule has 0 amide bonds. The highest BCUT2D eigenvalue weighted by Crippen LogP contribution is 2.35. The zero-order valence-corrected chi connectivity index (χ0v) is 12.5. The molecular weight excluding hydrogens is 276 g/mol. The van der Waals surface area contributed by atoms with Crippen LogP contribution >= 0.6 is 22.9 Å². The van der Waals surface area contributed by atoms with E-state index < -0.39 is 0 Å². The van der Waals surface area contributed by atoms with E-state index in [2.05, 4.69) is 23.3 Å². The van der Waals surface area contributed by atoms with Gasteiger partial charge < -0.3 is 5.73 Å². The number of hydrogen-bond acceptors (Lipinski definition) is 3. The fourth-order valence-corrected chi connectivity index (χ4v) is 3.93. The lowest BCUT2D eigenvalue weighted by molar-refractivity contribution is 0.192. The maximum absolute atomic E-state index is 6.27. The van der Waals surface area contributed by atoms with E-state index >= 15 is 0 Å². The van der Waals surface area contributed by atoms with Crippen molar-refractivity contribution in [3.05, 3.63) is 50.7 Å². The normalized spacial score (nSPS) is 19.4. The van der Waals surface area contributed by atoms with Gasteiger partial charge in [-0.2, -0.15) is 0 Å². The zero-order valence-electron chi connectivity index (χ0n) is 10.9. The van der Waals surface area contributed by atoms with Crippen LogP contribution in [0.15, 0.2) is 29.6 Å². The smallest absolute Gasteiger partial charge is 0.0471 e. The predicted molar refractivity (Wildman–Crippen MR) is 82.7 cm³/mol. The fourth-order valence-electron chi connectivity index (χ4n) is 2.72. The number of anilines is 1. The van der Waals surface area contributed by atoms with Crippen molar-refractivity contribution in [2.45, 2.75) is 25.9 Å². The van der Waals surface area contributed by atoms with Gasteiger partial charge in [-0.15, -0.1) is 11.3 Å². The molecule has 1 unspecified atom stereocenters. The molecule has 3 rings (SSSR count). The monoisotopic (exact) mass is 292 g/mol. The molecule has 0 bridgehead atoms. The van der Waals surface area contributed by atoms with Gasteiger partial charge in [0.1, 0.15) is 0 Å². The zero-order chi connectivity index (χ0) is 13.4. The van der Waals surface area contributed by atoms with Crippen LogP contribution in [-0.2, 0) is 13.0 Å². The average molecular weight is 293 g/mol. The second kappa shape index (κ2) is 5.16. The second-order valence-corrected chi connectivity index (χ2v) is 6.41. The van der Waals surface area contributed by atoms with Crippen molar-refractivity contribution in [2.24, 2.45) is 0 Å². The van der Waals surface area contributed by atoms with Gasteiger partial charge in [0.05, 0.1) is 0 Å². The standard InChI is InChI=1S/C15H17ClN2S/c1-10-11-6-8-19-15(11)5-7-18(10)9-12-13(16)3-2-4-14(12)17/h2-4,6,8,10H,5,7,9,17H2,1H3. The molecule has 1 aromatic carbocycles. The van der Waals surface area contributed by atoms with Crippen molar-refractivity contribution in [3.8, 4) is 0 Å². The highest BCUT2D eigenvalue weighted by atomic mass is 35.5. The van der Waals surface area contributed by atoms with Gasteiger partial charge in [0.15, 0.2) is 0 Å². The molecule has 1 aliphatic heterocycles. The first-order valence-corrected chi connectivity index (χ1v) is 7.75. The van der Waals surface area contributed by atoms with Crippen LogP contribution in [0.5, 0.6) is 0 Å². The van der Waals surface area contributed by atoms with Crippen LogP contribution in [0.1, 0.15) is 29.0 Å². The maximum Gasteiger partial charge on any atom is 0.0471 e. The fraction of sp³-hybridized carbons (Fsp3) is 0.333. The molecule has 2 nitrogen and oxygen atoms in total. The molecule has 0 radical (unpaired) electrons. The van der Waals surface area contributed by atoms with Gasteiger partial charge in [0.2, 0.25) is 0 Å². The maximum atomic E-state index is 6.27. The van der Waals surface area contributed by atoms with Crippen molar-refractivity contribution in [2.75, 3.05) is 12.3 Å². The van der Waals surface area contributed by atoms with Crippen molar-refractivity contribution in [1.82, 2.24) is 4.90 Å². The van der Waals surface area contributed by atoms with Crippen LogP contribution in [-0.4, -0.2) is 11.4 Å². The molecule has 1 aromatic heterocycles. The summed E-state index contributed by atoms with van der Waals surface area (Å²) in [6.07, 6.45) is 1.13. The molecule has 2 N–H and O–H groups in total. The molecular formula is C15H17ClN2S. The Hall–Kier alpha value is -1.03. The van der Waals surface area contributed by atoms with Gasteiger partial charge in [-0.05, 0) is 42.5 Å². The Bertz CT molecular complexity index is 573. The first-order valence-electron chi connectivity index (χ1n) is 6.50. The Balaban J connectivity index is 1.85. The van der Waals surface area contributed by atoms with Gasteiger partial charge in [-0.1, -0.05) is 17.7 Å². The Morgan fingerprint density at radius 1 is 1.42 bits per heavy atom. The van der Waals surface area contributed by atoms with Crippen LogP contribution in [0.25, 0.3) is 0 Å². The number of hydrogen-bond donors (Lipinski definition) is 1. The number of rotatable bonds is 2. The van der Waals surface area contributed by atoms with Gasteiger partial charge >= 0.3 is 0 Å². The minimum atomic E-state index is 0.436. The van der Waals surface area contributed by atoms with E-state index in [-0.39, 0.29) is 0 Å². The molecule has 4 heteroatoms. The third-order valence-electron chi connectivity index (χ3n) is 3.92. The number of thiophene rings is 1. The summed E-state index contributed by atoms with van der Waals surface area (Å²) in [5.74, 6) is 0. The van der Waals surface area contributed by atoms with E-state index in [0.29, 0.717) is 6.04 Å². The first-order chi connectivity index (χ1) is 9.16. The predicted octanol–water partition coefficient (Wildman–Crippen LogP) is 4.10. The summed E-state index contributed by atoms with van der Waals surface area (Å²) in [5.41, 5.74) is 9.35. The number of halogens is 1. The van der Waals surface area contributed by atoms with Crippen LogP contribution in [0.2, 0.25) is 5.02 Å². The van der Waals surface area contributed by atoms with E-state index in [1.807, 2.05) is 29.5 Å². The lowest BCUT2D eigenvalue weighted by Crippen LogP contribution is -2.33. The van der Waals surface area contributed by atoms with Gasteiger partial charge in [0, 0.05) is 40.3 Å². The molecule has 0 aliphatic carbocycles. The minimum Gasteiger partial charge on any atom is -0.398 e. The highest BCUT2D eigenvalue weighted by molar-refractivity contribution is 7.10. The van der Waals surface area contributed by atoms with Gasteiger partial charge in [-0.25, -0.2) is 0 Å². The van der Waals surface area contributed by atoms with Crippen molar-refractivity contribution in [1.29, 1.82) is 0 Å². The molecule has 2 aromatic rings. The minimum absolute atomic E-state index is 0.436. The highest BCUT2D eigenvalue weighted by Gasteiger charge is 2.25. The Labute approximate surface area is 122 Å². The molecule has 0 fully saturated rings. The summed E-state index contributed by atoms with van der Waals surface area (Å²) in [5, 5.41) is 2.96. The van der Waals surface area contributed by atoms with E-state index in [4.69, 9.17) is 17.3 Å². The molecule has 1 aliphatic rings. The Morgan fingerprint density at radius 2 is 2.26 bits per heavy atom. The van der Waals surface area contributed by atoms with E-state index in [1.165, 1.54) is 10.4 Å². The van der Waals surface area contributed by atoms with Crippen LogP contribution < -0.4 is 5.73 Å². The van der Waals surface area contributed by atoms with Crippen molar-refractivity contribution >= 4 is 28.6 Å². The summed E-state index contributed by atoms with van der Waals surface area (Å²) in [6, 6.07) is 8.42. The van der Waals surface area contributed by atoms with Gasteiger partial charge in [0.25, 0.3) is 0 Å². The summed E-state index contributed by atoms with van der Waals surface area (Å²) < 4.78 is 0. The Kier molecular flexibility index (Phi) is 3.52. The summed E-state index contributed by atoms with van der Waals surface area (Å²) in [7, 11) is 0. The lowest BCUT2D eigenvalue weighted by Gasteiger charge is -2.34. The number of nitrogens with two attached hydrogens (primary N) is 1. The summed E-state index contributed by atoms with van der Waals surface area (Å²) in [6.45, 7) is 4.15. The van der Waals surface area contributed by atoms with E-state index in [9.17, 15) is 0 Å². The van der Waals surface area contributed by atoms with E-state index in [1.54, 1.807) is 0 Å². The summed E-state index contributed by atoms with van der Waals surface area (Å²) >= 11 is 8.14. The quantitative estimate of drug-likeness (QED) is 0.844. The van der Waals surface area contributed by atoms with Gasteiger partial charge in [-0.3, -0.25) is 4.90 Å². The largest absolute Gasteiger partial charge is 0.398 e. The molecule has 0 spiro atoms. The number of benzene rings is 1. The van der Waals surface area contributed by atoms with Crippen molar-refractivity contribution < 1.29 is 0 Å². The second-order valence-electron chi connectivity index (χ2n) is 5.00. The molecule has 100 valence electrons. The first kappa shape index (κ1) is 13.0. The molecule has 2 heterocycles.